The lowest BCUT2D eigenvalue weighted by Crippen LogP contribution is -2.49. The molecule has 2 rings (SSSR count). The molecule has 0 bridgehead atoms. The summed E-state index contributed by atoms with van der Waals surface area (Å²) in [5, 5.41) is 6.31. The van der Waals surface area contributed by atoms with Crippen molar-refractivity contribution in [1.29, 1.82) is 0 Å². The Morgan fingerprint density at radius 2 is 2.12 bits per heavy atom. The molecule has 0 saturated carbocycles. The zero-order valence-electron chi connectivity index (χ0n) is 14.7. The van der Waals surface area contributed by atoms with Crippen LogP contribution in [-0.2, 0) is 25.6 Å². The first-order chi connectivity index (χ1) is 12.5. The number of nitrogens with one attached hydrogen (secondary N) is 1. The van der Waals surface area contributed by atoms with Gasteiger partial charge < -0.3 is 19.5 Å². The number of nitrogens with zero attached hydrogens (tertiary/aromatic N) is 3. The van der Waals surface area contributed by atoms with Crippen LogP contribution in [0.1, 0.15) is 32.3 Å². The van der Waals surface area contributed by atoms with E-state index < -0.39 is 30.5 Å². The molecule has 1 aromatic rings. The Labute approximate surface area is 151 Å². The van der Waals surface area contributed by atoms with Gasteiger partial charge in [-0.05, 0) is 30.9 Å². The number of benzene rings is 1. The number of hydrogen-bond donors (Lipinski definition) is 1. The normalized spacial score (nSPS) is 23.2. The Morgan fingerprint density at radius 3 is 2.77 bits per heavy atom. The van der Waals surface area contributed by atoms with Gasteiger partial charge in [0.1, 0.15) is 12.6 Å². The average Bonchev–Trinajstić information content (AvgIpc) is 2.62. The Hall–Kier alpha value is -2.77. The molecular formula is C17H22N4O5. The molecular weight excluding hydrogens is 340 g/mol. The number of azide groups is 1. The molecule has 140 valence electrons. The highest BCUT2D eigenvalue weighted by Crippen LogP contribution is 2.25. The second kappa shape index (κ2) is 9.65. The van der Waals surface area contributed by atoms with Crippen molar-refractivity contribution in [2.75, 3.05) is 0 Å². The second-order valence-corrected chi connectivity index (χ2v) is 6.00. The van der Waals surface area contributed by atoms with Crippen molar-refractivity contribution >= 4 is 12.1 Å². The summed E-state index contributed by atoms with van der Waals surface area (Å²) in [4.78, 5) is 25.9. The summed E-state index contributed by atoms with van der Waals surface area (Å²) in [6.07, 6.45) is -0.897. The third-order valence-corrected chi connectivity index (χ3v) is 3.97. The van der Waals surface area contributed by atoms with E-state index in [2.05, 4.69) is 15.3 Å². The van der Waals surface area contributed by atoms with Crippen LogP contribution in [0.2, 0.25) is 0 Å². The van der Waals surface area contributed by atoms with Gasteiger partial charge in [0, 0.05) is 11.8 Å². The first kappa shape index (κ1) is 19.6. The Kier molecular flexibility index (Phi) is 7.25. The summed E-state index contributed by atoms with van der Waals surface area (Å²) in [6, 6.07) is 8.38. The molecule has 1 aromatic carbocycles. The number of hydrogen-bond acceptors (Lipinski definition) is 6. The predicted octanol–water partition coefficient (Wildman–Crippen LogP) is 3.05. The predicted molar refractivity (Wildman–Crippen MR) is 91.8 cm³/mol. The fourth-order valence-electron chi connectivity index (χ4n) is 2.66. The molecule has 1 amide bonds. The molecule has 0 aliphatic carbocycles. The first-order valence-electron chi connectivity index (χ1n) is 8.33. The van der Waals surface area contributed by atoms with Gasteiger partial charge in [-0.1, -0.05) is 35.4 Å². The first-order valence-corrected chi connectivity index (χ1v) is 8.33. The molecule has 1 heterocycles. The average molecular weight is 362 g/mol. The van der Waals surface area contributed by atoms with Gasteiger partial charge in [-0.3, -0.25) is 4.79 Å². The molecule has 9 heteroatoms. The third-order valence-electron chi connectivity index (χ3n) is 3.97. The van der Waals surface area contributed by atoms with Gasteiger partial charge in [-0.15, -0.1) is 0 Å². The number of carbonyl (C=O) groups excluding carboxylic acids is 2. The van der Waals surface area contributed by atoms with Gasteiger partial charge in [0.05, 0.1) is 12.1 Å². The molecule has 4 atom stereocenters. The fraction of sp³-hybridized carbons (Fsp3) is 0.529. The summed E-state index contributed by atoms with van der Waals surface area (Å²) in [6.45, 7) is 3.19. The van der Waals surface area contributed by atoms with Gasteiger partial charge in [0.15, 0.2) is 0 Å². The fourth-order valence-corrected chi connectivity index (χ4v) is 2.66. The van der Waals surface area contributed by atoms with Crippen molar-refractivity contribution in [2.45, 2.75) is 57.8 Å². The van der Waals surface area contributed by atoms with Crippen LogP contribution in [0.25, 0.3) is 10.4 Å². The van der Waals surface area contributed by atoms with E-state index in [4.69, 9.17) is 19.7 Å². The van der Waals surface area contributed by atoms with E-state index in [1.165, 1.54) is 6.92 Å². The molecule has 3 unspecified atom stereocenters. The minimum atomic E-state index is -0.966. The second-order valence-electron chi connectivity index (χ2n) is 6.00. The number of alkyl carbamates (subject to hydrolysis) is 1. The van der Waals surface area contributed by atoms with Crippen molar-refractivity contribution in [2.24, 2.45) is 5.11 Å². The molecule has 0 aromatic heterocycles. The van der Waals surface area contributed by atoms with Crippen LogP contribution in [0, 0.1) is 0 Å². The number of ether oxygens (including phenoxy) is 3. The molecule has 0 radical (unpaired) electrons. The minimum absolute atomic E-state index is 0.167. The maximum Gasteiger partial charge on any atom is 0.407 e. The number of amides is 1. The van der Waals surface area contributed by atoms with Crippen molar-refractivity contribution in [3.8, 4) is 0 Å². The van der Waals surface area contributed by atoms with E-state index in [0.717, 1.165) is 5.56 Å². The van der Waals surface area contributed by atoms with Crippen LogP contribution in [0.15, 0.2) is 35.4 Å². The maximum atomic E-state index is 12.0. The quantitative estimate of drug-likeness (QED) is 0.360. The Balaban J connectivity index is 1.85. The zero-order valence-corrected chi connectivity index (χ0v) is 14.7. The minimum Gasteiger partial charge on any atom is -0.445 e. The lowest BCUT2D eigenvalue weighted by atomic mass is 10.00. The molecule has 0 spiro atoms. The van der Waals surface area contributed by atoms with Gasteiger partial charge in [0.2, 0.25) is 6.29 Å². The summed E-state index contributed by atoms with van der Waals surface area (Å²) in [5.41, 5.74) is 9.49. The molecule has 1 N–H and O–H groups in total. The molecule has 1 aliphatic heterocycles. The van der Waals surface area contributed by atoms with E-state index in [-0.39, 0.29) is 12.6 Å². The number of esters is 1. The van der Waals surface area contributed by atoms with Gasteiger partial charge in [-0.2, -0.15) is 0 Å². The third kappa shape index (κ3) is 5.94. The van der Waals surface area contributed by atoms with E-state index in [1.54, 1.807) is 6.92 Å². The van der Waals surface area contributed by atoms with Crippen LogP contribution in [0.5, 0.6) is 0 Å². The van der Waals surface area contributed by atoms with Crippen LogP contribution in [0.4, 0.5) is 4.79 Å². The van der Waals surface area contributed by atoms with E-state index >= 15 is 0 Å². The summed E-state index contributed by atoms with van der Waals surface area (Å²) in [7, 11) is 0. The van der Waals surface area contributed by atoms with E-state index in [0.29, 0.717) is 12.8 Å². The van der Waals surface area contributed by atoms with Crippen molar-refractivity contribution < 1.29 is 23.8 Å². The lowest BCUT2D eigenvalue weighted by Gasteiger charge is -2.36. The topological polar surface area (TPSA) is 123 Å². The number of rotatable bonds is 6. The molecule has 1 saturated heterocycles. The van der Waals surface area contributed by atoms with Gasteiger partial charge in [-0.25, -0.2) is 4.79 Å². The van der Waals surface area contributed by atoms with Crippen LogP contribution in [-0.4, -0.2) is 36.5 Å². The molecule has 9 nitrogen and oxygen atoms in total. The highest BCUT2D eigenvalue weighted by molar-refractivity contribution is 5.67. The van der Waals surface area contributed by atoms with E-state index in [9.17, 15) is 9.59 Å². The van der Waals surface area contributed by atoms with Crippen molar-refractivity contribution in [1.82, 2.24) is 5.32 Å². The van der Waals surface area contributed by atoms with Crippen LogP contribution in [0.3, 0.4) is 0 Å². The summed E-state index contributed by atoms with van der Waals surface area (Å²) in [5.74, 6) is -0.531. The van der Waals surface area contributed by atoms with E-state index in [1.807, 2.05) is 30.3 Å². The SMILES string of the molecule is CC(=O)OC1O[C@H](C(C)NC(=O)OCc2ccccc2)CCC1N=[N+]=[N-]. The molecule has 1 fully saturated rings. The van der Waals surface area contributed by atoms with Crippen molar-refractivity contribution in [3.05, 3.63) is 46.3 Å². The monoisotopic (exact) mass is 362 g/mol. The maximum absolute atomic E-state index is 12.0. The van der Waals surface area contributed by atoms with Crippen molar-refractivity contribution in [3.63, 3.8) is 0 Å². The smallest absolute Gasteiger partial charge is 0.407 e. The zero-order chi connectivity index (χ0) is 18.9. The molecule has 26 heavy (non-hydrogen) atoms. The summed E-state index contributed by atoms with van der Waals surface area (Å²) < 4.78 is 16.0. The van der Waals surface area contributed by atoms with Gasteiger partial charge in [0.25, 0.3) is 0 Å². The standard InChI is InChI=1S/C17H22N4O5/c1-11(19-17(23)24-10-13-6-4-3-5-7-13)15-9-8-14(20-21-18)16(26-15)25-12(2)22/h3-7,11,14-16H,8-10H2,1-2H3,(H,19,23)/t11?,14?,15-,16?/m0/s1. The number of carbonyl (C=O) groups is 2. The largest absolute Gasteiger partial charge is 0.445 e. The highest BCUT2D eigenvalue weighted by atomic mass is 16.7. The van der Waals surface area contributed by atoms with Crippen LogP contribution >= 0.6 is 0 Å². The Morgan fingerprint density at radius 1 is 1.38 bits per heavy atom. The van der Waals surface area contributed by atoms with Gasteiger partial charge >= 0.3 is 12.1 Å². The molecule has 1 aliphatic rings. The Bertz CT molecular complexity index is 662. The lowest BCUT2D eigenvalue weighted by molar-refractivity contribution is -0.209. The van der Waals surface area contributed by atoms with Crippen LogP contribution < -0.4 is 5.32 Å². The summed E-state index contributed by atoms with van der Waals surface area (Å²) >= 11 is 0. The highest BCUT2D eigenvalue weighted by Gasteiger charge is 2.35.